The summed E-state index contributed by atoms with van der Waals surface area (Å²) in [6, 6.07) is 27.0. The third-order valence-electron chi connectivity index (χ3n) is 6.21. The minimum Gasteiger partial charge on any atom is -0.346 e. The van der Waals surface area contributed by atoms with Gasteiger partial charge >= 0.3 is 0 Å². The van der Waals surface area contributed by atoms with E-state index in [9.17, 15) is 18.2 Å². The zero-order valence-electron chi connectivity index (χ0n) is 19.5. The largest absolute Gasteiger partial charge is 0.346 e. The lowest BCUT2D eigenvalue weighted by Crippen LogP contribution is -2.31. The highest BCUT2D eigenvalue weighted by Crippen LogP contribution is 2.36. The number of carbonyl (C=O) groups excluding carboxylic acids is 2. The molecule has 1 N–H and O–H groups in total. The molecule has 36 heavy (non-hydrogen) atoms. The van der Waals surface area contributed by atoms with Gasteiger partial charge in [-0.2, -0.15) is 0 Å². The Bertz CT molecular complexity index is 1490. The van der Waals surface area contributed by atoms with Crippen molar-refractivity contribution >= 4 is 28.3 Å². The number of hydrogen-bond donors (Lipinski definition) is 1. The van der Waals surface area contributed by atoms with E-state index in [1.807, 2.05) is 37.3 Å². The van der Waals surface area contributed by atoms with Gasteiger partial charge in [-0.3, -0.25) is 9.59 Å². The van der Waals surface area contributed by atoms with Crippen LogP contribution in [0.15, 0.2) is 107 Å². The first-order chi connectivity index (χ1) is 17.4. The maximum Gasteiger partial charge on any atom is 0.259 e. The van der Waals surface area contributed by atoms with Gasteiger partial charge in [0.25, 0.3) is 11.8 Å². The zero-order valence-corrected chi connectivity index (χ0v) is 20.3. The fraction of sp³-hybridized carbons (Fsp3) is 0.103. The first-order valence-corrected chi connectivity index (χ1v) is 12.6. The highest BCUT2D eigenvalue weighted by Gasteiger charge is 2.32. The molecule has 0 aliphatic carbocycles. The second kappa shape index (κ2) is 9.87. The number of hydrogen-bond acceptors (Lipinski definition) is 3. The molecule has 1 aliphatic heterocycles. The van der Waals surface area contributed by atoms with Crippen LogP contribution < -0.4 is 10.2 Å². The lowest BCUT2D eigenvalue weighted by Gasteiger charge is -2.24. The van der Waals surface area contributed by atoms with E-state index in [0.717, 1.165) is 5.56 Å². The van der Waals surface area contributed by atoms with Crippen LogP contribution in [0.25, 0.3) is 0 Å². The Morgan fingerprint density at radius 1 is 0.917 bits per heavy atom. The average Bonchev–Trinajstić information content (AvgIpc) is 2.99. The highest BCUT2D eigenvalue weighted by molar-refractivity contribution is 7.85. The normalized spacial score (nSPS) is 15.4. The number of benzene rings is 4. The van der Waals surface area contributed by atoms with Gasteiger partial charge in [0.15, 0.2) is 0 Å². The van der Waals surface area contributed by atoms with Gasteiger partial charge in [0.1, 0.15) is 5.82 Å². The lowest BCUT2D eigenvalue weighted by molar-refractivity contribution is 0.0937. The van der Waals surface area contributed by atoms with E-state index in [4.69, 9.17) is 0 Å². The molecule has 2 amide bonds. The fourth-order valence-electron chi connectivity index (χ4n) is 4.26. The number of nitrogens with zero attached hydrogens (tertiary/aromatic N) is 1. The molecule has 4 aromatic carbocycles. The first-order valence-electron chi connectivity index (χ1n) is 11.5. The summed E-state index contributed by atoms with van der Waals surface area (Å²) >= 11 is 0. The van der Waals surface area contributed by atoms with Crippen LogP contribution in [0.5, 0.6) is 0 Å². The third kappa shape index (κ3) is 4.45. The average molecular weight is 499 g/mol. The summed E-state index contributed by atoms with van der Waals surface area (Å²) in [4.78, 5) is 29.0. The molecule has 0 unspecified atom stereocenters. The summed E-state index contributed by atoms with van der Waals surface area (Å²) in [6.07, 6.45) is 0. The molecule has 0 spiro atoms. The number of halogens is 1. The Balaban J connectivity index is 1.57. The number of rotatable bonds is 5. The summed E-state index contributed by atoms with van der Waals surface area (Å²) in [6.45, 7) is 1.81. The van der Waals surface area contributed by atoms with E-state index in [1.54, 1.807) is 60.7 Å². The van der Waals surface area contributed by atoms with E-state index in [2.05, 4.69) is 5.32 Å². The smallest absolute Gasteiger partial charge is 0.259 e. The predicted octanol–water partition coefficient (Wildman–Crippen LogP) is 5.64. The number of amides is 2. The van der Waals surface area contributed by atoms with Gasteiger partial charge < -0.3 is 10.2 Å². The Kier molecular flexibility index (Phi) is 6.48. The number of nitrogens with one attached hydrogen (secondary N) is 1. The Labute approximate surface area is 211 Å². The molecule has 4 aromatic rings. The minimum absolute atomic E-state index is 0.0739. The van der Waals surface area contributed by atoms with Crippen molar-refractivity contribution in [3.8, 4) is 0 Å². The SMILES string of the molecule is C[C@@H](NC(=O)c1ccc2c(c1)N(Cc1ccccc1F)C(=O)c1ccccc1[S@]2=O)c1ccccc1. The molecule has 0 fully saturated rings. The van der Waals surface area contributed by atoms with Gasteiger partial charge in [-0.25, -0.2) is 8.60 Å². The van der Waals surface area contributed by atoms with E-state index in [-0.39, 0.29) is 24.1 Å². The molecular weight excluding hydrogens is 475 g/mol. The Morgan fingerprint density at radius 3 is 2.39 bits per heavy atom. The van der Waals surface area contributed by atoms with E-state index < -0.39 is 22.5 Å². The van der Waals surface area contributed by atoms with E-state index in [0.29, 0.717) is 26.6 Å². The van der Waals surface area contributed by atoms with Crippen LogP contribution in [0.2, 0.25) is 0 Å². The van der Waals surface area contributed by atoms with Gasteiger partial charge in [0.05, 0.1) is 44.4 Å². The summed E-state index contributed by atoms with van der Waals surface area (Å²) < 4.78 is 28.1. The molecule has 1 heterocycles. The molecule has 0 bridgehead atoms. The molecule has 0 aromatic heterocycles. The Morgan fingerprint density at radius 2 is 1.61 bits per heavy atom. The van der Waals surface area contributed by atoms with Crippen molar-refractivity contribution in [1.82, 2.24) is 5.32 Å². The predicted molar refractivity (Wildman–Crippen MR) is 137 cm³/mol. The monoisotopic (exact) mass is 498 g/mol. The highest BCUT2D eigenvalue weighted by atomic mass is 32.2. The summed E-state index contributed by atoms with van der Waals surface area (Å²) in [5.74, 6) is -1.19. The van der Waals surface area contributed by atoms with Crippen LogP contribution in [0, 0.1) is 5.82 Å². The lowest BCUT2D eigenvalue weighted by atomic mass is 10.1. The van der Waals surface area contributed by atoms with Crippen LogP contribution in [-0.4, -0.2) is 16.0 Å². The van der Waals surface area contributed by atoms with Crippen LogP contribution in [0.4, 0.5) is 10.1 Å². The zero-order chi connectivity index (χ0) is 25.2. The molecule has 1 aliphatic rings. The molecular formula is C29H23FN2O3S. The molecule has 0 radical (unpaired) electrons. The second-order valence-corrected chi connectivity index (χ2v) is 9.95. The quantitative estimate of drug-likeness (QED) is 0.387. The topological polar surface area (TPSA) is 66.5 Å². The van der Waals surface area contributed by atoms with Crippen LogP contribution in [0.3, 0.4) is 0 Å². The summed E-state index contributed by atoms with van der Waals surface area (Å²) in [7, 11) is -1.66. The van der Waals surface area contributed by atoms with Gasteiger partial charge in [0.2, 0.25) is 0 Å². The first kappa shape index (κ1) is 23.6. The van der Waals surface area contributed by atoms with Crippen molar-refractivity contribution in [3.05, 3.63) is 125 Å². The summed E-state index contributed by atoms with van der Waals surface area (Å²) in [5.41, 5.74) is 2.18. The van der Waals surface area contributed by atoms with Gasteiger partial charge in [-0.1, -0.05) is 60.7 Å². The molecule has 0 saturated carbocycles. The molecule has 7 heteroatoms. The van der Waals surface area contributed by atoms with Crippen molar-refractivity contribution in [3.63, 3.8) is 0 Å². The maximum atomic E-state index is 14.6. The fourth-order valence-corrected chi connectivity index (χ4v) is 5.61. The number of carbonyl (C=O) groups is 2. The standard InChI is InChI=1S/C29H23FN2O3S/c1-19(20-9-3-2-4-10-20)31-28(33)21-15-16-27-25(17-21)32(18-22-11-5-7-13-24(22)30)29(34)23-12-6-8-14-26(23)36(27)35/h2-17,19H,18H2,1H3,(H,31,33)/t19-,36-/m1/s1. The molecule has 5 nitrogen and oxygen atoms in total. The maximum absolute atomic E-state index is 14.6. The second-order valence-electron chi connectivity index (χ2n) is 8.54. The van der Waals surface area contributed by atoms with Crippen LogP contribution in [-0.2, 0) is 17.3 Å². The molecule has 0 saturated heterocycles. The number of anilines is 1. The van der Waals surface area contributed by atoms with Crippen molar-refractivity contribution in [2.75, 3.05) is 4.90 Å². The molecule has 180 valence electrons. The van der Waals surface area contributed by atoms with E-state index in [1.165, 1.54) is 11.0 Å². The van der Waals surface area contributed by atoms with Gasteiger partial charge in [-0.05, 0) is 48.9 Å². The molecule has 2 atom stereocenters. The van der Waals surface area contributed by atoms with Gasteiger partial charge in [0, 0.05) is 11.1 Å². The minimum atomic E-state index is -1.66. The third-order valence-corrected chi connectivity index (χ3v) is 7.71. The number of fused-ring (bicyclic) bond motifs is 2. The van der Waals surface area contributed by atoms with Crippen molar-refractivity contribution < 1.29 is 18.2 Å². The van der Waals surface area contributed by atoms with Gasteiger partial charge in [-0.15, -0.1) is 0 Å². The molecule has 5 rings (SSSR count). The Hall–Kier alpha value is -4.10. The van der Waals surface area contributed by atoms with Crippen molar-refractivity contribution in [1.29, 1.82) is 0 Å². The van der Waals surface area contributed by atoms with Crippen molar-refractivity contribution in [2.24, 2.45) is 0 Å². The van der Waals surface area contributed by atoms with Crippen molar-refractivity contribution in [2.45, 2.75) is 29.3 Å². The van der Waals surface area contributed by atoms with Crippen LogP contribution in [0.1, 0.15) is 44.8 Å². The van der Waals surface area contributed by atoms with Crippen LogP contribution >= 0.6 is 0 Å². The van der Waals surface area contributed by atoms with E-state index >= 15 is 0 Å². The summed E-state index contributed by atoms with van der Waals surface area (Å²) in [5, 5.41) is 2.97.